The number of hydrogen-bond acceptors (Lipinski definition) is 7. The van der Waals surface area contributed by atoms with Gasteiger partial charge in [0.2, 0.25) is 5.13 Å². The Bertz CT molecular complexity index is 1820. The summed E-state index contributed by atoms with van der Waals surface area (Å²) in [5, 5.41) is 16.2. The van der Waals surface area contributed by atoms with Crippen LogP contribution in [-0.2, 0) is 28.1 Å². The minimum absolute atomic E-state index is 0. The van der Waals surface area contributed by atoms with E-state index in [1.54, 1.807) is 35.0 Å². The summed E-state index contributed by atoms with van der Waals surface area (Å²) >= 11 is -1.62. The van der Waals surface area contributed by atoms with Crippen LogP contribution in [-0.4, -0.2) is 30.4 Å². The minimum atomic E-state index is -2.78. The van der Waals surface area contributed by atoms with E-state index >= 15 is 4.39 Å². The summed E-state index contributed by atoms with van der Waals surface area (Å²) in [6.07, 6.45) is 3.09. The molecule has 6 rings (SSSR count). The number of carbonyl (C=O) groups is 1. The van der Waals surface area contributed by atoms with Crippen molar-refractivity contribution in [2.45, 2.75) is 30.6 Å². The lowest BCUT2D eigenvalue weighted by Crippen LogP contribution is -2.06. The Morgan fingerprint density at radius 3 is 2.55 bits per heavy atom. The smallest absolute Gasteiger partial charge is 0.355 e. The number of aromatic carboxylic acids is 1. The molecule has 4 N–H and O–H groups in total. The zero-order chi connectivity index (χ0) is 28.7. The maximum atomic E-state index is 15.0. The van der Waals surface area contributed by atoms with Gasteiger partial charge in [-0.05, 0) is 78.8 Å². The van der Waals surface area contributed by atoms with Crippen molar-refractivity contribution in [2.24, 2.45) is 5.92 Å². The van der Waals surface area contributed by atoms with Crippen molar-refractivity contribution < 1.29 is 27.4 Å². The lowest BCUT2D eigenvalue weighted by Gasteiger charge is -2.10. The van der Waals surface area contributed by atoms with Gasteiger partial charge in [0.1, 0.15) is 11.6 Å². The van der Waals surface area contributed by atoms with E-state index in [-0.39, 0.29) is 22.3 Å². The second-order valence-electron chi connectivity index (χ2n) is 9.96. The highest BCUT2D eigenvalue weighted by Gasteiger charge is 2.29. The summed E-state index contributed by atoms with van der Waals surface area (Å²) in [6, 6.07) is 16.9. The van der Waals surface area contributed by atoms with E-state index in [4.69, 9.17) is 5.10 Å². The van der Waals surface area contributed by atoms with Gasteiger partial charge >= 0.3 is 5.97 Å². The number of carboxylic acids is 1. The first kappa shape index (κ1) is 29.4. The molecule has 1 atom stereocenters. The van der Waals surface area contributed by atoms with Crippen LogP contribution >= 0.6 is 11.3 Å². The second kappa shape index (κ2) is 12.0. The molecule has 2 heterocycles. The zero-order valence-electron chi connectivity index (χ0n) is 22.2. The molecule has 0 aliphatic heterocycles. The number of hydrogen-bond donors (Lipinski definition) is 2. The molecule has 0 amide bonds. The Balaban J connectivity index is 0.00000353. The van der Waals surface area contributed by atoms with Crippen LogP contribution in [0.2, 0.25) is 0 Å². The monoisotopic (exact) mass is 608 g/mol. The van der Waals surface area contributed by atoms with E-state index in [0.717, 1.165) is 41.0 Å². The molecule has 0 spiro atoms. The first-order valence-corrected chi connectivity index (χ1v) is 14.9. The highest BCUT2D eigenvalue weighted by Crippen LogP contribution is 2.39. The molecule has 1 fully saturated rings. The molecule has 1 aliphatic rings. The van der Waals surface area contributed by atoms with Crippen molar-refractivity contribution >= 4 is 28.4 Å². The van der Waals surface area contributed by atoms with Crippen LogP contribution in [0.1, 0.15) is 40.2 Å². The number of aromatic nitrogens is 3. The van der Waals surface area contributed by atoms with Crippen LogP contribution in [0, 0.1) is 17.6 Å². The Hall–Kier alpha value is -4.10. The maximum Gasteiger partial charge on any atom is 0.355 e. The summed E-state index contributed by atoms with van der Waals surface area (Å²) in [6.45, 7) is 0. The minimum Gasteiger partial charge on any atom is -0.612 e. The molecule has 2 aromatic heterocycles. The number of halogens is 2. The number of nitrogens with zero attached hydrogens (tertiary/aromatic N) is 3. The van der Waals surface area contributed by atoms with Crippen molar-refractivity contribution in [2.75, 3.05) is 0 Å². The Labute approximate surface area is 246 Å². The Morgan fingerprint density at radius 2 is 1.86 bits per heavy atom. The van der Waals surface area contributed by atoms with Gasteiger partial charge in [0.25, 0.3) is 0 Å². The van der Waals surface area contributed by atoms with Crippen molar-refractivity contribution in [3.63, 3.8) is 0 Å². The number of thiazole rings is 1. The number of rotatable bonds is 9. The summed E-state index contributed by atoms with van der Waals surface area (Å²) in [7, 11) is 0. The number of benzene rings is 3. The first-order valence-electron chi connectivity index (χ1n) is 12.9. The molecule has 3 aromatic carbocycles. The Morgan fingerprint density at radius 1 is 1.07 bits per heavy atom. The molecule has 1 saturated carbocycles. The van der Waals surface area contributed by atoms with Crippen LogP contribution in [0.3, 0.4) is 0 Å². The number of thiol groups is 1. The van der Waals surface area contributed by atoms with Gasteiger partial charge in [-0.15, -0.1) is 15.5 Å². The van der Waals surface area contributed by atoms with E-state index in [1.807, 2.05) is 6.07 Å². The third-order valence-electron chi connectivity index (χ3n) is 7.04. The van der Waals surface area contributed by atoms with Crippen molar-refractivity contribution in [3.8, 4) is 27.5 Å². The molecule has 0 saturated heterocycles. The van der Waals surface area contributed by atoms with Gasteiger partial charge in [-0.1, -0.05) is 24.3 Å². The average Bonchev–Trinajstić information content (AvgIpc) is 3.51. The van der Waals surface area contributed by atoms with Gasteiger partial charge in [-0.2, -0.15) is 5.10 Å². The van der Waals surface area contributed by atoms with Crippen LogP contribution in [0.5, 0.6) is 0 Å². The lowest BCUT2D eigenvalue weighted by molar-refractivity contribution is 0.0691. The molecular formula is C30H26F2N4O4S2. The fourth-order valence-electron chi connectivity index (χ4n) is 4.86. The summed E-state index contributed by atoms with van der Waals surface area (Å²) in [5.41, 5.74) is 3.99. The summed E-state index contributed by atoms with van der Waals surface area (Å²) < 4.78 is 54.1. The second-order valence-corrected chi connectivity index (χ2v) is 11.8. The largest absolute Gasteiger partial charge is 0.612 e. The van der Waals surface area contributed by atoms with Crippen molar-refractivity contribution in [3.05, 3.63) is 106 Å². The predicted molar refractivity (Wildman–Crippen MR) is 156 cm³/mol. The first-order chi connectivity index (χ1) is 19.8. The molecule has 1 unspecified atom stereocenters. The van der Waals surface area contributed by atoms with E-state index < -0.39 is 28.7 Å². The van der Waals surface area contributed by atoms with Gasteiger partial charge in [0.05, 0.1) is 22.5 Å². The van der Waals surface area contributed by atoms with E-state index in [1.165, 1.54) is 35.7 Å². The molecule has 0 bridgehead atoms. The molecule has 1 aliphatic carbocycles. The van der Waals surface area contributed by atoms with Gasteiger partial charge in [-0.25, -0.2) is 23.2 Å². The van der Waals surface area contributed by atoms with Gasteiger partial charge in [0, 0.05) is 28.5 Å². The highest BCUT2D eigenvalue weighted by molar-refractivity contribution is 7.79. The quantitative estimate of drug-likeness (QED) is 0.143. The zero-order valence-corrected chi connectivity index (χ0v) is 23.9. The van der Waals surface area contributed by atoms with Crippen LogP contribution in [0.4, 0.5) is 8.78 Å². The van der Waals surface area contributed by atoms with E-state index in [9.17, 15) is 23.1 Å². The predicted octanol–water partition coefficient (Wildman–Crippen LogP) is 6.53. The maximum absolute atomic E-state index is 15.0. The molecule has 0 radical (unpaired) electrons. The summed E-state index contributed by atoms with van der Waals surface area (Å²) in [5.74, 6) is -1.73. The standard InChI is InChI=1S/C30H23F2N3O4S2.H3N/c31-21-5-2-4-19(14-21)23-15-20(9-10-25(23)32)28-24(12-18-3-1-6-22(11-18)41(38)39)27(13-17-7-8-17)35(34-28)30-33-26(16-40-30)29(36)37;/h1-6,9-11,14-17,41H,7-8,12-13H2,(H-,36,37,38,39);1H3. The lowest BCUT2D eigenvalue weighted by atomic mass is 9.95. The molecule has 216 valence electrons. The van der Waals surface area contributed by atoms with Gasteiger partial charge in [0.15, 0.2) is 10.6 Å². The molecule has 5 aromatic rings. The third-order valence-corrected chi connectivity index (χ3v) is 8.55. The SMILES string of the molecule is N.O=C(O)c1csc(-n2nc(-c3ccc(F)c(-c4cccc(F)c4)c3)c(Cc3cccc([SH+](=O)[O-])c3)c2CC2CC2)n1. The normalized spacial score (nSPS) is 13.5. The third kappa shape index (κ3) is 6.07. The average molecular weight is 609 g/mol. The fourth-order valence-corrected chi connectivity index (χ4v) is 6.11. The summed E-state index contributed by atoms with van der Waals surface area (Å²) in [4.78, 5) is 16.0. The molecular weight excluding hydrogens is 582 g/mol. The van der Waals surface area contributed by atoms with Gasteiger partial charge in [-0.3, -0.25) is 0 Å². The van der Waals surface area contributed by atoms with E-state index in [0.29, 0.717) is 40.7 Å². The molecule has 42 heavy (non-hydrogen) atoms. The molecule has 12 heteroatoms. The van der Waals surface area contributed by atoms with Crippen LogP contribution < -0.4 is 6.15 Å². The van der Waals surface area contributed by atoms with Gasteiger partial charge < -0.3 is 15.8 Å². The van der Waals surface area contributed by atoms with Crippen LogP contribution in [0.25, 0.3) is 27.5 Å². The highest BCUT2D eigenvalue weighted by atomic mass is 32.2. The van der Waals surface area contributed by atoms with Crippen LogP contribution in [0.15, 0.2) is 77.0 Å². The number of carboxylic acid groups (broad SMARTS) is 1. The van der Waals surface area contributed by atoms with E-state index in [2.05, 4.69) is 4.98 Å². The van der Waals surface area contributed by atoms with Crippen molar-refractivity contribution in [1.82, 2.24) is 20.9 Å². The Kier molecular flexibility index (Phi) is 8.41. The fraction of sp³-hybridized carbons (Fsp3) is 0.167. The topological polar surface area (TPSA) is 143 Å². The van der Waals surface area contributed by atoms with Crippen molar-refractivity contribution in [1.29, 1.82) is 0 Å². The molecule has 8 nitrogen and oxygen atoms in total.